The molecule has 0 aliphatic heterocycles. The topological polar surface area (TPSA) is 104 Å². The average Bonchev–Trinajstić information content (AvgIpc) is 3.28. The number of hydrogen-bond acceptors (Lipinski definition) is 8. The molecule has 30 heavy (non-hydrogen) atoms. The third-order valence-corrected chi connectivity index (χ3v) is 5.31. The van der Waals surface area contributed by atoms with Gasteiger partial charge >= 0.3 is 6.18 Å². The molecule has 1 saturated carbocycles. The summed E-state index contributed by atoms with van der Waals surface area (Å²) in [6.45, 7) is 0. The van der Waals surface area contributed by atoms with Gasteiger partial charge in [-0.1, -0.05) is 11.3 Å². The van der Waals surface area contributed by atoms with E-state index in [0.717, 1.165) is 19.2 Å². The zero-order valence-corrected chi connectivity index (χ0v) is 16.5. The van der Waals surface area contributed by atoms with Gasteiger partial charge in [0.15, 0.2) is 16.4 Å². The van der Waals surface area contributed by atoms with Crippen molar-refractivity contribution in [3.63, 3.8) is 0 Å². The smallest absolute Gasteiger partial charge is 0.434 e. The van der Waals surface area contributed by atoms with Crippen molar-refractivity contribution in [3.05, 3.63) is 30.0 Å². The van der Waals surface area contributed by atoms with Gasteiger partial charge in [-0.15, -0.1) is 0 Å². The quantitative estimate of drug-likeness (QED) is 0.626. The molecular formula is C17H15F3N6O3S. The van der Waals surface area contributed by atoms with Crippen LogP contribution in [0.5, 0.6) is 11.8 Å². The van der Waals surface area contributed by atoms with Crippen LogP contribution < -0.4 is 14.8 Å². The van der Waals surface area contributed by atoms with Gasteiger partial charge in [0.25, 0.3) is 5.91 Å². The molecule has 158 valence electrons. The lowest BCUT2D eigenvalue weighted by Crippen LogP contribution is -2.16. The molecule has 3 aromatic heterocycles. The second kappa shape index (κ2) is 7.55. The summed E-state index contributed by atoms with van der Waals surface area (Å²) in [4.78, 5) is 23.8. The molecule has 0 atom stereocenters. The van der Waals surface area contributed by atoms with Crippen LogP contribution in [0.1, 0.15) is 34.9 Å². The predicted octanol–water partition coefficient (Wildman–Crippen LogP) is 3.42. The van der Waals surface area contributed by atoms with E-state index in [2.05, 4.69) is 25.4 Å². The van der Waals surface area contributed by atoms with Crippen molar-refractivity contribution in [3.8, 4) is 22.2 Å². The first-order valence-corrected chi connectivity index (χ1v) is 9.50. The molecule has 3 aromatic rings. The molecule has 0 saturated heterocycles. The third kappa shape index (κ3) is 3.79. The standard InChI is InChI=1S/C17H15F3N6O3S/c1-28-14-10(15(29-2)22-7-21-14)13(27)25-16-24-12(17(18,19)20)11(30-16)8-5-23-26(6-8)9-3-4-9/h5-7,9H,3-4H2,1-2H3,(H,24,25,27). The number of thiazole rings is 1. The van der Waals surface area contributed by atoms with Crippen LogP contribution in [-0.2, 0) is 6.18 Å². The van der Waals surface area contributed by atoms with Gasteiger partial charge < -0.3 is 9.47 Å². The van der Waals surface area contributed by atoms with E-state index in [0.29, 0.717) is 11.3 Å². The van der Waals surface area contributed by atoms with E-state index in [-0.39, 0.29) is 38.9 Å². The molecule has 4 rings (SSSR count). The Morgan fingerprint density at radius 1 is 1.23 bits per heavy atom. The SMILES string of the molecule is COc1ncnc(OC)c1C(=O)Nc1nc(C(F)(F)F)c(-c2cnn(C3CC3)c2)s1. The summed E-state index contributed by atoms with van der Waals surface area (Å²) < 4.78 is 52.4. The van der Waals surface area contributed by atoms with Crippen LogP contribution in [-0.4, -0.2) is 44.9 Å². The first-order valence-electron chi connectivity index (χ1n) is 8.68. The molecule has 0 radical (unpaired) electrons. The van der Waals surface area contributed by atoms with Gasteiger partial charge in [-0.3, -0.25) is 14.8 Å². The van der Waals surface area contributed by atoms with Crippen LogP contribution in [0.25, 0.3) is 10.4 Å². The highest BCUT2D eigenvalue weighted by Gasteiger charge is 2.39. The summed E-state index contributed by atoms with van der Waals surface area (Å²) >= 11 is 0.696. The number of aromatic nitrogens is 5. The number of nitrogens with one attached hydrogen (secondary N) is 1. The summed E-state index contributed by atoms with van der Waals surface area (Å²) in [5, 5.41) is 6.24. The van der Waals surface area contributed by atoms with Gasteiger partial charge in [0, 0.05) is 11.8 Å². The normalized spacial score (nSPS) is 13.9. The Kier molecular flexibility index (Phi) is 5.05. The van der Waals surface area contributed by atoms with Crippen molar-refractivity contribution in [2.75, 3.05) is 19.5 Å². The fourth-order valence-corrected chi connectivity index (χ4v) is 3.73. The van der Waals surface area contributed by atoms with Gasteiger partial charge in [-0.2, -0.15) is 18.3 Å². The highest BCUT2D eigenvalue weighted by Crippen LogP contribution is 2.43. The van der Waals surface area contributed by atoms with Crippen LogP contribution >= 0.6 is 11.3 Å². The summed E-state index contributed by atoms with van der Waals surface area (Å²) in [7, 11) is 2.58. The molecule has 13 heteroatoms. The molecule has 0 spiro atoms. The van der Waals surface area contributed by atoms with Crippen LogP contribution in [0, 0.1) is 0 Å². The second-order valence-electron chi connectivity index (χ2n) is 6.36. The number of methoxy groups -OCH3 is 2. The maximum Gasteiger partial charge on any atom is 0.434 e. The van der Waals surface area contributed by atoms with Crippen LogP contribution in [0.4, 0.5) is 18.3 Å². The number of carbonyl (C=O) groups excluding carboxylic acids is 1. The van der Waals surface area contributed by atoms with Gasteiger partial charge in [-0.05, 0) is 12.8 Å². The number of alkyl halides is 3. The minimum Gasteiger partial charge on any atom is -0.480 e. The number of rotatable bonds is 6. The minimum atomic E-state index is -4.71. The van der Waals surface area contributed by atoms with Crippen molar-refractivity contribution >= 4 is 22.4 Å². The zero-order valence-electron chi connectivity index (χ0n) is 15.7. The first kappa shape index (κ1) is 20.1. The summed E-state index contributed by atoms with van der Waals surface area (Å²) in [5.41, 5.74) is -0.971. The molecule has 1 amide bonds. The molecule has 0 bridgehead atoms. The Hall–Kier alpha value is -3.22. The molecular weight excluding hydrogens is 425 g/mol. The lowest BCUT2D eigenvalue weighted by Gasteiger charge is -2.09. The first-order chi connectivity index (χ1) is 14.3. The maximum atomic E-state index is 13.6. The van der Waals surface area contributed by atoms with Gasteiger partial charge in [0.2, 0.25) is 11.8 Å². The summed E-state index contributed by atoms with van der Waals surface area (Å²) in [6.07, 6.45) is 1.24. The highest BCUT2D eigenvalue weighted by atomic mass is 32.1. The average molecular weight is 440 g/mol. The van der Waals surface area contributed by atoms with Crippen molar-refractivity contribution in [2.24, 2.45) is 0 Å². The van der Waals surface area contributed by atoms with Crippen LogP contribution in [0.2, 0.25) is 0 Å². The number of carbonyl (C=O) groups is 1. The second-order valence-corrected chi connectivity index (χ2v) is 7.36. The van der Waals surface area contributed by atoms with E-state index in [1.54, 1.807) is 10.9 Å². The molecule has 1 N–H and O–H groups in total. The van der Waals surface area contributed by atoms with Gasteiger partial charge in [0.1, 0.15) is 6.33 Å². The largest absolute Gasteiger partial charge is 0.480 e. The molecule has 9 nitrogen and oxygen atoms in total. The molecule has 0 unspecified atom stereocenters. The lowest BCUT2D eigenvalue weighted by molar-refractivity contribution is -0.140. The van der Waals surface area contributed by atoms with Gasteiger partial charge in [0.05, 0.1) is 31.3 Å². The van der Waals surface area contributed by atoms with E-state index >= 15 is 0 Å². The van der Waals surface area contributed by atoms with Crippen molar-refractivity contribution in [1.82, 2.24) is 24.7 Å². The number of halogens is 3. The minimum absolute atomic E-state index is 0.0853. The Bertz CT molecular complexity index is 1070. The molecule has 1 fully saturated rings. The third-order valence-electron chi connectivity index (χ3n) is 4.29. The van der Waals surface area contributed by atoms with Crippen molar-refractivity contribution < 1.29 is 27.4 Å². The molecule has 0 aromatic carbocycles. The highest BCUT2D eigenvalue weighted by molar-refractivity contribution is 7.19. The maximum absolute atomic E-state index is 13.6. The molecule has 1 aliphatic rings. The zero-order chi connectivity index (χ0) is 21.5. The lowest BCUT2D eigenvalue weighted by atomic mass is 10.2. The Morgan fingerprint density at radius 3 is 2.47 bits per heavy atom. The fourth-order valence-electron chi connectivity index (χ4n) is 2.77. The van der Waals surface area contributed by atoms with Crippen molar-refractivity contribution in [1.29, 1.82) is 0 Å². The van der Waals surface area contributed by atoms with E-state index in [1.165, 1.54) is 20.4 Å². The van der Waals surface area contributed by atoms with Crippen LogP contribution in [0.15, 0.2) is 18.7 Å². The summed E-state index contributed by atoms with van der Waals surface area (Å²) in [5.74, 6) is -0.984. The fraction of sp³-hybridized carbons (Fsp3) is 0.353. The number of nitrogens with zero attached hydrogens (tertiary/aromatic N) is 5. The molecule has 1 aliphatic carbocycles. The Labute approximate surface area is 171 Å². The molecule has 3 heterocycles. The monoisotopic (exact) mass is 440 g/mol. The van der Waals surface area contributed by atoms with Crippen molar-refractivity contribution in [2.45, 2.75) is 25.1 Å². The predicted molar refractivity (Wildman–Crippen MR) is 99.7 cm³/mol. The summed E-state index contributed by atoms with van der Waals surface area (Å²) in [6, 6.07) is 0.221. The Balaban J connectivity index is 1.68. The van der Waals surface area contributed by atoms with E-state index in [9.17, 15) is 18.0 Å². The Morgan fingerprint density at radius 2 is 1.90 bits per heavy atom. The number of anilines is 1. The van der Waals surface area contributed by atoms with Gasteiger partial charge in [-0.25, -0.2) is 15.0 Å². The number of ether oxygens (including phenoxy) is 2. The van der Waals surface area contributed by atoms with Crippen LogP contribution in [0.3, 0.4) is 0 Å². The number of amides is 1. The van der Waals surface area contributed by atoms with E-state index in [4.69, 9.17) is 9.47 Å². The van der Waals surface area contributed by atoms with E-state index < -0.39 is 17.8 Å². The van der Waals surface area contributed by atoms with E-state index in [1.807, 2.05) is 0 Å². The number of hydrogen-bond donors (Lipinski definition) is 1.